The molecule has 1 rings (SSSR count). The van der Waals surface area contributed by atoms with Crippen molar-refractivity contribution in [1.29, 1.82) is 0 Å². The molecule has 1 aliphatic heterocycles. The Morgan fingerprint density at radius 1 is 0.398 bits per heavy atom. The van der Waals surface area contributed by atoms with Crippen molar-refractivity contribution >= 4 is 5.91 Å². The van der Waals surface area contributed by atoms with Gasteiger partial charge >= 0.3 is 0 Å². The number of aliphatic hydroxyl groups excluding tert-OH is 5. The van der Waals surface area contributed by atoms with Gasteiger partial charge in [-0.15, -0.1) is 0 Å². The molecule has 0 aromatic rings. The lowest BCUT2D eigenvalue weighted by atomic mass is 9.99. The Hall–Kier alpha value is -3.67. The van der Waals surface area contributed by atoms with Crippen LogP contribution in [0.15, 0.2) is 134 Å². The molecule has 0 saturated carbocycles. The number of aliphatic hydroxyl groups is 5. The van der Waals surface area contributed by atoms with Gasteiger partial charge in [-0.3, -0.25) is 4.79 Å². The van der Waals surface area contributed by atoms with E-state index in [2.05, 4.69) is 141 Å². The van der Waals surface area contributed by atoms with E-state index in [1.807, 2.05) is 6.08 Å². The maximum atomic E-state index is 13.1. The van der Waals surface area contributed by atoms with Crippen molar-refractivity contribution in [2.75, 3.05) is 13.2 Å². The van der Waals surface area contributed by atoms with E-state index in [-0.39, 0.29) is 12.5 Å². The number of ether oxygens (including phenoxy) is 2. The van der Waals surface area contributed by atoms with Crippen LogP contribution in [0.25, 0.3) is 0 Å². The molecule has 504 valence electrons. The molecule has 9 heteroatoms. The summed E-state index contributed by atoms with van der Waals surface area (Å²) in [5.74, 6) is -0.193. The van der Waals surface area contributed by atoms with Crippen molar-refractivity contribution in [3.63, 3.8) is 0 Å². The Balaban J connectivity index is 2.15. The van der Waals surface area contributed by atoms with E-state index in [9.17, 15) is 30.3 Å². The van der Waals surface area contributed by atoms with Gasteiger partial charge in [0, 0.05) is 6.42 Å². The summed E-state index contributed by atoms with van der Waals surface area (Å²) >= 11 is 0. The fourth-order valence-corrected chi connectivity index (χ4v) is 10.8. The van der Waals surface area contributed by atoms with Gasteiger partial charge in [-0.1, -0.05) is 321 Å². The molecule has 0 aliphatic carbocycles. The average molecular weight is 1230 g/mol. The molecular formula is C79H135NO8. The van der Waals surface area contributed by atoms with Gasteiger partial charge in [0.15, 0.2) is 6.29 Å². The molecule has 1 saturated heterocycles. The standard InChI is InChI=1S/C79H135NO8/c1-3-5-7-9-11-13-15-17-19-21-23-25-27-29-31-32-33-34-35-36-37-38-39-40-41-42-43-45-47-49-51-53-55-57-59-61-63-65-67-69-75(83)80-72(71-87-79-78(86)77(85)76(84)74(70-81)88-79)73(82)68-66-64-62-60-58-56-54-52-50-48-46-44-30-28-26-24-22-20-18-16-14-12-10-8-6-4-2/h5,7,11,13,17,19,23,25,29,31,33-34,36-37,39-40,50,52,58,60,66,68,72-74,76-79,81-82,84-86H,3-4,6,8-10,12,14-16,18,20-22,24,26-28,30,32,35,38,41-49,51,53-57,59,61-65,67,69-71H2,1-2H3,(H,80,83)/b7-5-,13-11-,19-17-,25-23-,31-29-,34-33-,37-36-,40-39-,52-50+,60-58+,68-66+. The Morgan fingerprint density at radius 2 is 0.716 bits per heavy atom. The third-order valence-electron chi connectivity index (χ3n) is 16.4. The van der Waals surface area contributed by atoms with Crippen LogP contribution in [0, 0.1) is 0 Å². The molecule has 0 aromatic heterocycles. The van der Waals surface area contributed by atoms with Crippen molar-refractivity contribution in [1.82, 2.24) is 5.32 Å². The average Bonchev–Trinajstić information content (AvgIpc) is 3.65. The topological polar surface area (TPSA) is 149 Å². The van der Waals surface area contributed by atoms with Crippen molar-refractivity contribution in [3.05, 3.63) is 134 Å². The second-order valence-corrected chi connectivity index (χ2v) is 24.6. The quantitative estimate of drug-likeness (QED) is 0.0261. The number of hydrogen-bond acceptors (Lipinski definition) is 8. The zero-order valence-corrected chi connectivity index (χ0v) is 56.4. The summed E-state index contributed by atoms with van der Waals surface area (Å²) in [6.07, 6.45) is 94.2. The second kappa shape index (κ2) is 66.3. The van der Waals surface area contributed by atoms with E-state index in [4.69, 9.17) is 9.47 Å². The van der Waals surface area contributed by atoms with Crippen LogP contribution in [0.3, 0.4) is 0 Å². The van der Waals surface area contributed by atoms with Crippen LogP contribution in [0.4, 0.5) is 0 Å². The van der Waals surface area contributed by atoms with Crippen molar-refractivity contribution < 1.29 is 39.8 Å². The van der Waals surface area contributed by atoms with Crippen molar-refractivity contribution in [2.45, 2.75) is 346 Å². The summed E-state index contributed by atoms with van der Waals surface area (Å²) in [7, 11) is 0. The number of hydrogen-bond donors (Lipinski definition) is 6. The van der Waals surface area contributed by atoms with E-state index < -0.39 is 49.5 Å². The minimum absolute atomic E-state index is 0.193. The second-order valence-electron chi connectivity index (χ2n) is 24.6. The van der Waals surface area contributed by atoms with Gasteiger partial charge < -0.3 is 40.3 Å². The lowest BCUT2D eigenvalue weighted by Gasteiger charge is -2.40. The van der Waals surface area contributed by atoms with Gasteiger partial charge in [-0.05, 0) is 109 Å². The molecule has 7 unspecified atom stereocenters. The molecule has 0 spiro atoms. The van der Waals surface area contributed by atoms with Crippen molar-refractivity contribution in [2.24, 2.45) is 0 Å². The highest BCUT2D eigenvalue weighted by molar-refractivity contribution is 5.76. The molecule has 1 amide bonds. The molecule has 0 bridgehead atoms. The molecule has 88 heavy (non-hydrogen) atoms. The Bertz CT molecular complexity index is 1860. The number of nitrogens with one attached hydrogen (secondary N) is 1. The zero-order chi connectivity index (χ0) is 63.5. The van der Waals surface area contributed by atoms with E-state index in [1.54, 1.807) is 6.08 Å². The minimum atomic E-state index is -1.58. The lowest BCUT2D eigenvalue weighted by molar-refractivity contribution is -0.302. The zero-order valence-electron chi connectivity index (χ0n) is 56.4. The predicted octanol–water partition coefficient (Wildman–Crippen LogP) is 20.4. The van der Waals surface area contributed by atoms with Crippen LogP contribution in [0.2, 0.25) is 0 Å². The van der Waals surface area contributed by atoms with E-state index in [0.29, 0.717) is 6.42 Å². The first-order valence-electron chi connectivity index (χ1n) is 36.4. The largest absolute Gasteiger partial charge is 0.394 e. The molecule has 0 aromatic carbocycles. The molecule has 9 nitrogen and oxygen atoms in total. The molecule has 7 atom stereocenters. The smallest absolute Gasteiger partial charge is 0.220 e. The molecule has 6 N–H and O–H groups in total. The summed E-state index contributed by atoms with van der Waals surface area (Å²) in [6, 6.07) is -0.838. The third-order valence-corrected chi connectivity index (χ3v) is 16.4. The normalized spacial score (nSPS) is 18.7. The van der Waals surface area contributed by atoms with Crippen LogP contribution in [0.5, 0.6) is 0 Å². The first kappa shape index (κ1) is 82.3. The lowest BCUT2D eigenvalue weighted by Crippen LogP contribution is -2.60. The Labute approximate surface area is 541 Å². The summed E-state index contributed by atoms with van der Waals surface area (Å²) in [6.45, 7) is 3.66. The molecule has 1 heterocycles. The van der Waals surface area contributed by atoms with Crippen LogP contribution in [-0.4, -0.2) is 87.5 Å². The van der Waals surface area contributed by atoms with Crippen LogP contribution >= 0.6 is 0 Å². The first-order valence-corrected chi connectivity index (χ1v) is 36.4. The van der Waals surface area contributed by atoms with E-state index in [0.717, 1.165) is 96.3 Å². The molecule has 1 aliphatic rings. The Kier molecular flexibility index (Phi) is 62.0. The van der Waals surface area contributed by atoms with Gasteiger partial charge in [-0.2, -0.15) is 0 Å². The van der Waals surface area contributed by atoms with Gasteiger partial charge in [0.2, 0.25) is 5.91 Å². The summed E-state index contributed by atoms with van der Waals surface area (Å²) in [5, 5.41) is 54.8. The molecule has 1 fully saturated rings. The molecule has 0 radical (unpaired) electrons. The predicted molar refractivity (Wildman–Crippen MR) is 377 cm³/mol. The fraction of sp³-hybridized carbons (Fsp3) is 0.709. The van der Waals surface area contributed by atoms with Gasteiger partial charge in [0.25, 0.3) is 0 Å². The van der Waals surface area contributed by atoms with Crippen LogP contribution in [-0.2, 0) is 14.3 Å². The Morgan fingerprint density at radius 3 is 1.09 bits per heavy atom. The van der Waals surface area contributed by atoms with Crippen LogP contribution < -0.4 is 5.32 Å². The maximum absolute atomic E-state index is 13.1. The summed E-state index contributed by atoms with van der Waals surface area (Å²) in [5.41, 5.74) is 0. The number of amides is 1. The van der Waals surface area contributed by atoms with Gasteiger partial charge in [-0.25, -0.2) is 0 Å². The number of allylic oxidation sites excluding steroid dienone is 21. The third kappa shape index (κ3) is 54.1. The molecular weight excluding hydrogens is 1090 g/mol. The number of carbonyl (C=O) groups is 1. The van der Waals surface area contributed by atoms with Crippen LogP contribution in [0.1, 0.15) is 303 Å². The highest BCUT2D eigenvalue weighted by Crippen LogP contribution is 2.23. The number of rotatable bonds is 62. The highest BCUT2D eigenvalue weighted by Gasteiger charge is 2.44. The number of carbonyl (C=O) groups excluding carboxylic acids is 1. The summed E-state index contributed by atoms with van der Waals surface area (Å²) in [4.78, 5) is 13.1. The number of unbranched alkanes of at least 4 members (excludes halogenated alkanes) is 32. The van der Waals surface area contributed by atoms with Gasteiger partial charge in [0.05, 0.1) is 25.4 Å². The van der Waals surface area contributed by atoms with Crippen molar-refractivity contribution in [3.8, 4) is 0 Å². The highest BCUT2D eigenvalue weighted by atomic mass is 16.7. The summed E-state index contributed by atoms with van der Waals surface area (Å²) < 4.78 is 11.3. The fourth-order valence-electron chi connectivity index (χ4n) is 10.8. The minimum Gasteiger partial charge on any atom is -0.394 e. The SMILES string of the molecule is CC/C=C\C/C=C\C/C=C\C/C=C\C/C=C\C/C=C\C/C=C\C/C=C\CCCCCCCCCCCCCCCCC(=O)NC(COC1OC(CO)C(O)C(O)C1O)C(O)/C=C/CC/C=C/CC/C=C/CCCCCCCCCCCCCCCCCC. The maximum Gasteiger partial charge on any atom is 0.220 e. The monoisotopic (exact) mass is 1230 g/mol. The van der Waals surface area contributed by atoms with Gasteiger partial charge in [0.1, 0.15) is 24.4 Å². The van der Waals surface area contributed by atoms with E-state index >= 15 is 0 Å². The first-order chi connectivity index (χ1) is 43.3. The van der Waals surface area contributed by atoms with E-state index in [1.165, 1.54) is 186 Å².